The van der Waals surface area contributed by atoms with Gasteiger partial charge in [0.1, 0.15) is 6.54 Å². The van der Waals surface area contributed by atoms with Crippen molar-refractivity contribution < 1.29 is 4.52 Å². The predicted molar refractivity (Wildman–Crippen MR) is 93.7 cm³/mol. The monoisotopic (exact) mass is 407 g/mol. The number of aromatic nitrogens is 2. The molecule has 1 aromatic heterocycles. The van der Waals surface area contributed by atoms with Gasteiger partial charge in [0.05, 0.1) is 0 Å². The largest absolute Gasteiger partial charge is 0.370 e. The van der Waals surface area contributed by atoms with Gasteiger partial charge >= 0.3 is 0 Å². The van der Waals surface area contributed by atoms with Gasteiger partial charge in [-0.2, -0.15) is 4.98 Å². The van der Waals surface area contributed by atoms with E-state index in [0.29, 0.717) is 30.1 Å². The highest BCUT2D eigenvalue weighted by molar-refractivity contribution is 14.0. The van der Waals surface area contributed by atoms with Crippen LogP contribution in [0.25, 0.3) is 0 Å². The Morgan fingerprint density at radius 1 is 1.48 bits per heavy atom. The zero-order chi connectivity index (χ0) is 14.8. The Hall–Kier alpha value is -0.860. The highest BCUT2D eigenvalue weighted by Crippen LogP contribution is 2.20. The lowest BCUT2D eigenvalue weighted by atomic mass is 9.97. The summed E-state index contributed by atoms with van der Waals surface area (Å²) in [4.78, 5) is 10.9. The van der Waals surface area contributed by atoms with Crippen LogP contribution in [0.2, 0.25) is 0 Å². The summed E-state index contributed by atoms with van der Waals surface area (Å²) in [5, 5.41) is 3.95. The molecule has 0 bridgehead atoms. The molecule has 2 N–H and O–H groups in total. The highest BCUT2D eigenvalue weighted by Gasteiger charge is 2.22. The summed E-state index contributed by atoms with van der Waals surface area (Å²) in [7, 11) is 0. The number of nitrogens with zero attached hydrogens (tertiary/aromatic N) is 4. The molecule has 0 amide bonds. The smallest absolute Gasteiger partial charge is 0.232 e. The molecule has 1 aromatic rings. The van der Waals surface area contributed by atoms with E-state index in [1.165, 1.54) is 12.8 Å². The van der Waals surface area contributed by atoms with Crippen molar-refractivity contribution in [2.45, 2.75) is 52.5 Å². The number of nitrogens with two attached hydrogens (primary N) is 1. The van der Waals surface area contributed by atoms with Crippen LogP contribution >= 0.6 is 24.0 Å². The van der Waals surface area contributed by atoms with Crippen LogP contribution in [0.4, 0.5) is 0 Å². The van der Waals surface area contributed by atoms with E-state index < -0.39 is 0 Å². The number of halogens is 1. The number of hydrogen-bond acceptors (Lipinski definition) is 4. The molecule has 1 aliphatic rings. The number of aliphatic imine (C=N–C) groups is 1. The maximum Gasteiger partial charge on any atom is 0.232 e. The Morgan fingerprint density at radius 2 is 2.19 bits per heavy atom. The van der Waals surface area contributed by atoms with E-state index in [2.05, 4.69) is 27.0 Å². The van der Waals surface area contributed by atoms with E-state index in [-0.39, 0.29) is 29.4 Å². The molecule has 1 saturated heterocycles. The quantitative estimate of drug-likeness (QED) is 0.463. The summed E-state index contributed by atoms with van der Waals surface area (Å²) in [6, 6.07) is 0. The van der Waals surface area contributed by atoms with E-state index >= 15 is 0 Å². The normalized spacial score (nSPS) is 20.3. The first-order chi connectivity index (χ1) is 9.36. The minimum atomic E-state index is -0.136. The van der Waals surface area contributed by atoms with Gasteiger partial charge < -0.3 is 15.2 Å². The lowest BCUT2D eigenvalue weighted by Gasteiger charge is -2.31. The van der Waals surface area contributed by atoms with Crippen LogP contribution in [0.1, 0.15) is 52.3 Å². The second kappa shape index (κ2) is 7.42. The van der Waals surface area contributed by atoms with Gasteiger partial charge in [0.2, 0.25) is 5.89 Å². The van der Waals surface area contributed by atoms with Crippen LogP contribution in [-0.4, -0.2) is 34.1 Å². The van der Waals surface area contributed by atoms with Crippen molar-refractivity contribution in [3.8, 4) is 0 Å². The molecule has 1 unspecified atom stereocenters. The van der Waals surface area contributed by atoms with Crippen LogP contribution in [0.5, 0.6) is 0 Å². The van der Waals surface area contributed by atoms with Crippen molar-refractivity contribution >= 4 is 29.9 Å². The molecule has 1 atom stereocenters. The molecule has 0 radical (unpaired) electrons. The van der Waals surface area contributed by atoms with E-state index in [1.807, 2.05) is 20.8 Å². The second-order valence-corrected chi connectivity index (χ2v) is 6.63. The molecule has 0 aromatic carbocycles. The fraction of sp³-hybridized carbons (Fsp3) is 0.786. The third-order valence-electron chi connectivity index (χ3n) is 3.47. The number of guanidine groups is 1. The molecule has 1 fully saturated rings. The SMILES string of the molecule is CC1CCCN(C(N)=NCc2noc(C(C)(C)C)n2)C1.I. The molecule has 1 aliphatic heterocycles. The van der Waals surface area contributed by atoms with Gasteiger partial charge in [0.25, 0.3) is 0 Å². The zero-order valence-electron chi connectivity index (χ0n) is 13.3. The standard InChI is InChI=1S/C14H25N5O.HI/c1-10-6-5-7-19(9-10)13(15)16-8-11-17-12(20-18-11)14(2,3)4;/h10H,5-9H2,1-4H3,(H2,15,16);1H. The molecule has 0 saturated carbocycles. The molecule has 0 aliphatic carbocycles. The Morgan fingerprint density at radius 3 is 2.76 bits per heavy atom. The average molecular weight is 407 g/mol. The van der Waals surface area contributed by atoms with Gasteiger partial charge in [-0.3, -0.25) is 0 Å². The van der Waals surface area contributed by atoms with Crippen molar-refractivity contribution in [3.05, 3.63) is 11.7 Å². The van der Waals surface area contributed by atoms with E-state index in [1.54, 1.807) is 0 Å². The third-order valence-corrected chi connectivity index (χ3v) is 3.47. The number of hydrogen-bond donors (Lipinski definition) is 1. The first-order valence-electron chi connectivity index (χ1n) is 7.24. The van der Waals surface area contributed by atoms with Crippen molar-refractivity contribution in [2.24, 2.45) is 16.6 Å². The van der Waals surface area contributed by atoms with Gasteiger partial charge in [-0.1, -0.05) is 32.9 Å². The molecular weight excluding hydrogens is 381 g/mol. The Kier molecular flexibility index (Phi) is 6.42. The van der Waals surface area contributed by atoms with Crippen molar-refractivity contribution in [1.29, 1.82) is 0 Å². The topological polar surface area (TPSA) is 80.5 Å². The fourth-order valence-corrected chi connectivity index (χ4v) is 2.27. The highest BCUT2D eigenvalue weighted by atomic mass is 127. The van der Waals surface area contributed by atoms with Gasteiger partial charge in [0.15, 0.2) is 11.8 Å². The Labute approximate surface area is 143 Å². The lowest BCUT2D eigenvalue weighted by molar-refractivity contribution is 0.270. The Bertz CT molecular complexity index is 480. The van der Waals surface area contributed by atoms with Crippen LogP contribution in [0.15, 0.2) is 9.52 Å². The van der Waals surface area contributed by atoms with E-state index in [4.69, 9.17) is 10.3 Å². The predicted octanol–water partition coefficient (Wildman–Crippen LogP) is 2.53. The summed E-state index contributed by atoms with van der Waals surface area (Å²) in [5.41, 5.74) is 5.90. The van der Waals surface area contributed by atoms with Crippen molar-refractivity contribution in [1.82, 2.24) is 15.0 Å². The van der Waals surface area contributed by atoms with Crippen LogP contribution in [0.3, 0.4) is 0 Å². The number of likely N-dealkylation sites (tertiary alicyclic amines) is 1. The molecule has 120 valence electrons. The lowest BCUT2D eigenvalue weighted by Crippen LogP contribution is -2.43. The zero-order valence-corrected chi connectivity index (χ0v) is 15.6. The average Bonchev–Trinajstić information content (AvgIpc) is 2.84. The van der Waals surface area contributed by atoms with Crippen LogP contribution in [0, 0.1) is 5.92 Å². The first-order valence-corrected chi connectivity index (χ1v) is 7.24. The Balaban J connectivity index is 0.00000220. The minimum Gasteiger partial charge on any atom is -0.370 e. The third kappa shape index (κ3) is 5.12. The number of piperidine rings is 1. The van der Waals surface area contributed by atoms with Gasteiger partial charge in [-0.05, 0) is 18.8 Å². The van der Waals surface area contributed by atoms with Crippen LogP contribution < -0.4 is 5.73 Å². The molecule has 0 spiro atoms. The number of rotatable bonds is 2. The summed E-state index contributed by atoms with van der Waals surface area (Å²) < 4.78 is 5.24. The molecule has 21 heavy (non-hydrogen) atoms. The minimum absolute atomic E-state index is 0. The maximum absolute atomic E-state index is 6.04. The first kappa shape index (κ1) is 18.2. The molecule has 6 nitrogen and oxygen atoms in total. The van der Waals surface area contributed by atoms with E-state index in [0.717, 1.165) is 13.1 Å². The van der Waals surface area contributed by atoms with Crippen molar-refractivity contribution in [2.75, 3.05) is 13.1 Å². The second-order valence-electron chi connectivity index (χ2n) is 6.63. The van der Waals surface area contributed by atoms with Gasteiger partial charge in [-0.15, -0.1) is 24.0 Å². The molecular formula is C14H26IN5O. The van der Waals surface area contributed by atoms with Gasteiger partial charge in [0, 0.05) is 18.5 Å². The van der Waals surface area contributed by atoms with E-state index in [9.17, 15) is 0 Å². The molecule has 7 heteroatoms. The fourth-order valence-electron chi connectivity index (χ4n) is 2.27. The summed E-state index contributed by atoms with van der Waals surface area (Å²) in [6.45, 7) is 10.7. The summed E-state index contributed by atoms with van der Waals surface area (Å²) in [5.74, 6) is 2.48. The van der Waals surface area contributed by atoms with Gasteiger partial charge in [-0.25, -0.2) is 4.99 Å². The van der Waals surface area contributed by atoms with Crippen LogP contribution in [-0.2, 0) is 12.0 Å². The molecule has 2 rings (SSSR count). The summed E-state index contributed by atoms with van der Waals surface area (Å²) in [6.07, 6.45) is 2.44. The summed E-state index contributed by atoms with van der Waals surface area (Å²) >= 11 is 0. The molecule has 2 heterocycles. The maximum atomic E-state index is 6.04. The van der Waals surface area contributed by atoms with Crippen molar-refractivity contribution in [3.63, 3.8) is 0 Å².